The number of aliphatic hydroxyl groups excluding tert-OH is 1. The largest absolute Gasteiger partial charge is 0.449 e. The van der Waals surface area contributed by atoms with E-state index >= 15 is 0 Å². The summed E-state index contributed by atoms with van der Waals surface area (Å²) in [5.41, 5.74) is 18.8. The molecule has 0 spiro atoms. The van der Waals surface area contributed by atoms with E-state index in [9.17, 15) is 38.7 Å². The number of hydrogen-bond donors (Lipinski definition) is 4. The molecule has 1 aliphatic carbocycles. The molecule has 17 nitrogen and oxygen atoms in total. The number of amides is 5. The van der Waals surface area contributed by atoms with Gasteiger partial charge < -0.3 is 40.6 Å². The van der Waals surface area contributed by atoms with Crippen molar-refractivity contribution in [2.24, 2.45) is 17.1 Å². The average molecular weight is 1230 g/mol. The van der Waals surface area contributed by atoms with Crippen molar-refractivity contribution in [3.63, 3.8) is 0 Å². The number of aromatic nitrogens is 1. The number of fused-ring (bicyclic) bond motifs is 3. The summed E-state index contributed by atoms with van der Waals surface area (Å²) in [6.07, 6.45) is 2.71. The number of carbonyl (C=O) groups excluding carboxylic acids is 7. The van der Waals surface area contributed by atoms with Crippen LogP contribution >= 0.6 is 11.3 Å². The van der Waals surface area contributed by atoms with Crippen LogP contribution < -0.4 is 21.3 Å². The second-order valence-electron chi connectivity index (χ2n) is 25.4. The van der Waals surface area contributed by atoms with Crippen LogP contribution in [-0.2, 0) is 75.3 Å². The van der Waals surface area contributed by atoms with Crippen LogP contribution in [0.25, 0.3) is 21.6 Å². The number of ketones is 2. The maximum Gasteiger partial charge on any atom is 0.407 e. The number of primary amides is 1. The number of thiazole rings is 1. The Morgan fingerprint density at radius 3 is 2.17 bits per heavy atom. The number of aliphatic hydroxyl groups is 1. The van der Waals surface area contributed by atoms with Gasteiger partial charge in [0.05, 0.1) is 52.7 Å². The average Bonchev–Trinajstić information content (AvgIpc) is 1.66. The number of rotatable bonds is 27. The lowest BCUT2D eigenvalue weighted by molar-refractivity contribution is -0.144. The third kappa shape index (κ3) is 15.4. The van der Waals surface area contributed by atoms with E-state index in [1.165, 1.54) is 4.90 Å². The van der Waals surface area contributed by atoms with Gasteiger partial charge in [0, 0.05) is 51.2 Å². The van der Waals surface area contributed by atoms with Gasteiger partial charge in [-0.15, -0.1) is 11.3 Å². The number of carbonyl (C=O) groups is 7. The summed E-state index contributed by atoms with van der Waals surface area (Å²) >= 11 is 1.58. The maximum absolute atomic E-state index is 14.6. The molecule has 7 atom stereocenters. The van der Waals surface area contributed by atoms with Gasteiger partial charge in [0.1, 0.15) is 25.3 Å². The molecule has 1 saturated heterocycles. The van der Waals surface area contributed by atoms with Crippen molar-refractivity contribution in [1.29, 1.82) is 0 Å². The molecule has 0 bridgehead atoms. The molecule has 4 heterocycles. The van der Waals surface area contributed by atoms with E-state index in [0.717, 1.165) is 84.7 Å². The number of para-hydroxylation sites is 1. The summed E-state index contributed by atoms with van der Waals surface area (Å²) < 4.78 is 18.1. The van der Waals surface area contributed by atoms with E-state index in [4.69, 9.17) is 19.9 Å². The van der Waals surface area contributed by atoms with E-state index in [0.29, 0.717) is 45.1 Å². The molecule has 468 valence electrons. The fourth-order valence-electron chi connectivity index (χ4n) is 13.1. The fourth-order valence-corrected chi connectivity index (χ4v) is 13.9. The lowest BCUT2D eigenvalue weighted by atomic mass is 9.85. The molecule has 0 saturated carbocycles. The first kappa shape index (κ1) is 64.1. The molecular weight excluding hydrogens is 1140 g/mol. The van der Waals surface area contributed by atoms with E-state index in [1.54, 1.807) is 16.2 Å². The van der Waals surface area contributed by atoms with Crippen molar-refractivity contribution >= 4 is 58.3 Å². The Bertz CT molecular complexity index is 3500. The Hall–Kier alpha value is -7.90. The molecule has 1 aromatic heterocycles. The highest BCUT2D eigenvalue weighted by Gasteiger charge is 2.46. The Morgan fingerprint density at radius 2 is 1.48 bits per heavy atom. The number of alkyl carbamates (subject to hydrolysis) is 1. The smallest absolute Gasteiger partial charge is 0.407 e. The molecule has 1 fully saturated rings. The number of nitrogens with zero attached hydrogens (tertiary/aromatic N) is 3. The molecule has 5 amide bonds. The van der Waals surface area contributed by atoms with Gasteiger partial charge in [0.15, 0.2) is 11.6 Å². The molecule has 5 N–H and O–H groups in total. The first-order chi connectivity index (χ1) is 42.8. The lowest BCUT2D eigenvalue weighted by Gasteiger charge is -2.35. The van der Waals surface area contributed by atoms with Crippen molar-refractivity contribution in [3.05, 3.63) is 165 Å². The number of nitrogens with two attached hydrogens (primary N) is 1. The molecule has 0 radical (unpaired) electrons. The van der Waals surface area contributed by atoms with Crippen molar-refractivity contribution < 1.29 is 52.9 Å². The second-order valence-corrected chi connectivity index (χ2v) is 26.2. The zero-order chi connectivity index (χ0) is 62.9. The van der Waals surface area contributed by atoms with Crippen molar-refractivity contribution in [2.75, 3.05) is 31.3 Å². The highest BCUT2D eigenvalue weighted by molar-refractivity contribution is 7.13. The van der Waals surface area contributed by atoms with Crippen LogP contribution in [0.15, 0.2) is 121 Å². The zero-order valence-corrected chi connectivity index (χ0v) is 52.4. The maximum atomic E-state index is 14.6. The summed E-state index contributed by atoms with van der Waals surface area (Å²) in [7, 11) is 0. The van der Waals surface area contributed by atoms with Gasteiger partial charge in [-0.2, -0.15) is 0 Å². The summed E-state index contributed by atoms with van der Waals surface area (Å²) in [5.74, 6) is -2.53. The minimum Gasteiger partial charge on any atom is -0.449 e. The van der Waals surface area contributed by atoms with Gasteiger partial charge in [-0.25, -0.2) is 9.78 Å². The van der Waals surface area contributed by atoms with Gasteiger partial charge in [0.25, 0.3) is 0 Å². The topological polar surface area (TPSA) is 237 Å². The monoisotopic (exact) mass is 1230 g/mol. The van der Waals surface area contributed by atoms with Gasteiger partial charge in [-0.3, -0.25) is 33.7 Å². The predicted octanol–water partition coefficient (Wildman–Crippen LogP) is 9.71. The van der Waals surface area contributed by atoms with Crippen LogP contribution in [-0.4, -0.2) is 119 Å². The summed E-state index contributed by atoms with van der Waals surface area (Å²) in [5, 5.41) is 16.4. The quantitative estimate of drug-likeness (QED) is 0.0353. The highest BCUT2D eigenvalue weighted by atomic mass is 32.1. The third-order valence-electron chi connectivity index (χ3n) is 18.0. The SMILES string of the molecule is Cc1ncsc1-c1ccc(CCC(=O)[C@@H]2C[C@H](O)CN2C(=O)[C@@H](NC(=O)COCCCCc2ccc(CO[C@H](C)[C@H](CCC(N)=O)CC(=O)[C@@H]3Cc4cccc5c4N3C(=O)[C@@H](NC(=O)OCC3c4ccccc4-c4ccccc43)CC5)cc2)C(C)(C)C)cc1. The molecule has 10 rings (SSSR count). The van der Waals surface area contributed by atoms with Crippen molar-refractivity contribution in [2.45, 2.75) is 161 Å². The Balaban J connectivity index is 0.661. The Morgan fingerprint density at radius 1 is 0.809 bits per heavy atom. The minimum atomic E-state index is -0.949. The number of β-amino-alcohol motifs (C(OH)–C–C–N with tert-alkyl or cyclic N) is 1. The van der Waals surface area contributed by atoms with E-state index in [2.05, 4.69) is 27.8 Å². The fraction of sp³-hybridized carbons (Fsp3) is 0.437. The highest BCUT2D eigenvalue weighted by Crippen LogP contribution is 2.45. The van der Waals surface area contributed by atoms with Crippen LogP contribution in [0.2, 0.25) is 0 Å². The summed E-state index contributed by atoms with van der Waals surface area (Å²) in [6, 6.07) is 34.7. The molecule has 3 aliphatic heterocycles. The minimum absolute atomic E-state index is 0.0117. The Labute approximate surface area is 525 Å². The zero-order valence-electron chi connectivity index (χ0n) is 51.5. The molecule has 6 aromatic rings. The second kappa shape index (κ2) is 28.7. The molecule has 0 unspecified atom stereocenters. The van der Waals surface area contributed by atoms with E-state index in [1.807, 2.05) is 143 Å². The number of unbranched alkanes of at least 4 members (excludes halogenated alkanes) is 1. The summed E-state index contributed by atoms with van der Waals surface area (Å²) in [6.45, 7) is 9.89. The molecule has 4 aliphatic rings. The third-order valence-corrected chi connectivity index (χ3v) is 19.0. The number of hydrogen-bond acceptors (Lipinski definition) is 13. The first-order valence-corrected chi connectivity index (χ1v) is 32.1. The van der Waals surface area contributed by atoms with Crippen LogP contribution in [0.3, 0.4) is 0 Å². The van der Waals surface area contributed by atoms with E-state index < -0.39 is 65.6 Å². The predicted molar refractivity (Wildman–Crippen MR) is 341 cm³/mol. The molecule has 18 heteroatoms. The van der Waals surface area contributed by atoms with Gasteiger partial charge >= 0.3 is 6.09 Å². The van der Waals surface area contributed by atoms with Crippen LogP contribution in [0.4, 0.5) is 10.5 Å². The number of ether oxygens (including phenoxy) is 3. The number of anilines is 1. The molecule has 89 heavy (non-hydrogen) atoms. The number of aryl methyl sites for hydroxylation is 4. The lowest BCUT2D eigenvalue weighted by Crippen LogP contribution is -2.57. The van der Waals surface area contributed by atoms with Gasteiger partial charge in [-0.05, 0) is 126 Å². The van der Waals surface area contributed by atoms with Crippen LogP contribution in [0, 0.1) is 18.3 Å². The number of benzene rings is 5. The number of nitrogens with one attached hydrogen (secondary N) is 2. The Kier molecular flexibility index (Phi) is 20.7. The molecule has 5 aromatic carbocycles. The van der Waals surface area contributed by atoms with Crippen LogP contribution in [0.1, 0.15) is 130 Å². The standard InChI is InChI=1S/C71H82N6O11S/c1-43-66(89-42-73-43)49-27-24-46(25-28-49)26-32-61(79)59-37-52(78)38-76(59)69(84)67(71(3,4)5)75-64(82)41-86-34-11-10-13-45-20-22-47(23-21-45)39-87-44(2)50(30-33-63(72)81)36-62(80)60-35-51-15-12-14-48-29-31-58(68(83)77(60)65(48)51)74-70(85)88-40-57-55-18-8-6-16-53(55)54-17-7-9-19-56(54)57/h6-9,12,14-25,27-28,42,44,50,52,57-60,67,78H,10-11,13,26,29-41H2,1-5H3,(H2,72,81)(H,74,85)(H,75,82)/t44-,50-,52+,58+,59+,60+,67-/m1/s1. The first-order valence-electron chi connectivity index (χ1n) is 31.2. The number of likely N-dealkylation sites (tertiary alicyclic amines) is 1. The van der Waals surface area contributed by atoms with Crippen LogP contribution in [0.5, 0.6) is 0 Å². The molecular formula is C71H82N6O11S. The number of Topliss-reactive ketones (excluding diaryl/α,β-unsaturated/α-hetero) is 2. The van der Waals surface area contributed by atoms with Crippen molar-refractivity contribution in [1.82, 2.24) is 20.5 Å². The van der Waals surface area contributed by atoms with Gasteiger partial charge in [-0.1, -0.05) is 136 Å². The summed E-state index contributed by atoms with van der Waals surface area (Å²) in [4.78, 5) is 104. The van der Waals surface area contributed by atoms with E-state index in [-0.39, 0.29) is 81.4 Å². The van der Waals surface area contributed by atoms with Crippen molar-refractivity contribution in [3.8, 4) is 21.6 Å². The van der Waals surface area contributed by atoms with Gasteiger partial charge in [0.2, 0.25) is 23.6 Å². The normalized spacial score (nSPS) is 18.7.